The molecule has 2 heterocycles. The summed E-state index contributed by atoms with van der Waals surface area (Å²) in [5, 5.41) is 3.34. The van der Waals surface area contributed by atoms with E-state index < -0.39 is 0 Å². The van der Waals surface area contributed by atoms with Gasteiger partial charge >= 0.3 is 0 Å². The Morgan fingerprint density at radius 1 is 1.33 bits per heavy atom. The van der Waals surface area contributed by atoms with E-state index in [0.29, 0.717) is 23.8 Å². The molecule has 1 amide bonds. The van der Waals surface area contributed by atoms with Crippen molar-refractivity contribution in [2.75, 3.05) is 32.8 Å². The van der Waals surface area contributed by atoms with E-state index in [9.17, 15) is 4.79 Å². The van der Waals surface area contributed by atoms with Crippen LogP contribution in [0.2, 0.25) is 0 Å². The largest absolute Gasteiger partial charge is 0.381 e. The number of hydrogen-bond donors (Lipinski definition) is 1. The van der Waals surface area contributed by atoms with Crippen molar-refractivity contribution < 1.29 is 9.53 Å². The van der Waals surface area contributed by atoms with Crippen molar-refractivity contribution in [3.05, 3.63) is 0 Å². The van der Waals surface area contributed by atoms with Gasteiger partial charge in [0.05, 0.1) is 12.5 Å². The lowest BCUT2D eigenvalue weighted by atomic mass is 9.96. The van der Waals surface area contributed by atoms with Crippen LogP contribution in [0.25, 0.3) is 0 Å². The van der Waals surface area contributed by atoms with Crippen LogP contribution in [0.3, 0.4) is 0 Å². The van der Waals surface area contributed by atoms with Gasteiger partial charge in [-0.15, -0.1) is 0 Å². The number of ether oxygens (including phenoxy) is 1. The summed E-state index contributed by atoms with van der Waals surface area (Å²) < 4.78 is 5.43. The standard InChI is InChI=1S/C14H24N2O2/c1-10-6-15-7-13(10)14(17)16(12-2-3-12)8-11-4-5-18-9-11/h10-13,15H,2-9H2,1H3/t10-,11?,13-/m1/s1. The molecule has 3 fully saturated rings. The number of carbonyl (C=O) groups excluding carboxylic acids is 1. The second kappa shape index (κ2) is 5.17. The number of nitrogens with zero attached hydrogens (tertiary/aromatic N) is 1. The van der Waals surface area contributed by atoms with Gasteiger partial charge in [0.2, 0.25) is 5.91 Å². The maximum absolute atomic E-state index is 12.7. The Morgan fingerprint density at radius 3 is 2.72 bits per heavy atom. The molecule has 1 N–H and O–H groups in total. The predicted molar refractivity (Wildman–Crippen MR) is 69.2 cm³/mol. The van der Waals surface area contributed by atoms with Crippen LogP contribution in [-0.2, 0) is 9.53 Å². The summed E-state index contributed by atoms with van der Waals surface area (Å²) in [7, 11) is 0. The van der Waals surface area contributed by atoms with E-state index in [1.807, 2.05) is 0 Å². The van der Waals surface area contributed by atoms with E-state index in [1.165, 1.54) is 12.8 Å². The van der Waals surface area contributed by atoms with Crippen molar-refractivity contribution in [3.63, 3.8) is 0 Å². The predicted octanol–water partition coefficient (Wildman–Crippen LogP) is 0.869. The second-order valence-electron chi connectivity index (χ2n) is 6.19. The molecule has 1 aliphatic carbocycles. The van der Waals surface area contributed by atoms with Crippen molar-refractivity contribution in [3.8, 4) is 0 Å². The first-order valence-electron chi connectivity index (χ1n) is 7.34. The summed E-state index contributed by atoms with van der Waals surface area (Å²) in [6.07, 6.45) is 3.52. The van der Waals surface area contributed by atoms with Crippen LogP contribution >= 0.6 is 0 Å². The molecule has 18 heavy (non-hydrogen) atoms. The summed E-state index contributed by atoms with van der Waals surface area (Å²) in [5.41, 5.74) is 0. The lowest BCUT2D eigenvalue weighted by Crippen LogP contribution is -2.43. The van der Waals surface area contributed by atoms with Gasteiger partial charge in [-0.2, -0.15) is 0 Å². The molecule has 4 heteroatoms. The summed E-state index contributed by atoms with van der Waals surface area (Å²) in [6.45, 7) is 6.68. The highest BCUT2D eigenvalue weighted by atomic mass is 16.5. The maximum atomic E-state index is 12.7. The number of carbonyl (C=O) groups is 1. The van der Waals surface area contributed by atoms with Gasteiger partial charge in [-0.1, -0.05) is 6.92 Å². The molecule has 2 saturated heterocycles. The van der Waals surface area contributed by atoms with Gasteiger partial charge in [0.1, 0.15) is 0 Å². The molecule has 3 aliphatic rings. The first-order chi connectivity index (χ1) is 8.75. The van der Waals surface area contributed by atoms with Gasteiger partial charge in [-0.25, -0.2) is 0 Å². The topological polar surface area (TPSA) is 41.6 Å². The highest BCUT2D eigenvalue weighted by molar-refractivity contribution is 5.80. The van der Waals surface area contributed by atoms with Gasteiger partial charge in [-0.05, 0) is 31.7 Å². The van der Waals surface area contributed by atoms with Crippen molar-refractivity contribution in [2.45, 2.75) is 32.2 Å². The van der Waals surface area contributed by atoms with Crippen molar-refractivity contribution in [2.24, 2.45) is 17.8 Å². The van der Waals surface area contributed by atoms with Crippen LogP contribution in [0.5, 0.6) is 0 Å². The smallest absolute Gasteiger partial charge is 0.227 e. The molecular weight excluding hydrogens is 228 g/mol. The zero-order valence-electron chi connectivity index (χ0n) is 11.2. The first kappa shape index (κ1) is 12.4. The van der Waals surface area contributed by atoms with Crippen molar-refractivity contribution >= 4 is 5.91 Å². The molecule has 0 radical (unpaired) electrons. The lowest BCUT2D eigenvalue weighted by Gasteiger charge is -2.29. The minimum absolute atomic E-state index is 0.202. The third-order valence-electron chi connectivity index (χ3n) is 4.58. The van der Waals surface area contributed by atoms with Crippen molar-refractivity contribution in [1.82, 2.24) is 10.2 Å². The molecular formula is C14H24N2O2. The number of hydrogen-bond acceptors (Lipinski definition) is 3. The molecule has 3 rings (SSSR count). The van der Waals surface area contributed by atoms with E-state index in [-0.39, 0.29) is 5.92 Å². The molecule has 2 aliphatic heterocycles. The SMILES string of the molecule is C[C@@H]1CNC[C@H]1C(=O)N(CC1CCOC1)C1CC1. The van der Waals surface area contributed by atoms with Crippen molar-refractivity contribution in [1.29, 1.82) is 0 Å². The summed E-state index contributed by atoms with van der Waals surface area (Å²) >= 11 is 0. The molecule has 0 bridgehead atoms. The maximum Gasteiger partial charge on any atom is 0.227 e. The third-order valence-corrected chi connectivity index (χ3v) is 4.58. The van der Waals surface area contributed by atoms with E-state index in [2.05, 4.69) is 17.1 Å². The normalized spacial score (nSPS) is 35.9. The molecule has 4 nitrogen and oxygen atoms in total. The fourth-order valence-corrected chi connectivity index (χ4v) is 3.16. The van der Waals surface area contributed by atoms with Gasteiger partial charge in [-0.3, -0.25) is 4.79 Å². The van der Waals surface area contributed by atoms with E-state index >= 15 is 0 Å². The molecule has 3 atom stereocenters. The average molecular weight is 252 g/mol. The molecule has 0 aromatic heterocycles. The van der Waals surface area contributed by atoms with Gasteiger partial charge in [0.15, 0.2) is 0 Å². The molecule has 1 unspecified atom stereocenters. The number of nitrogens with one attached hydrogen (secondary N) is 1. The number of rotatable bonds is 4. The van der Waals surface area contributed by atoms with E-state index in [0.717, 1.165) is 39.3 Å². The Hall–Kier alpha value is -0.610. The zero-order valence-corrected chi connectivity index (χ0v) is 11.2. The van der Waals surface area contributed by atoms with Gasteiger partial charge < -0.3 is 15.0 Å². The average Bonchev–Trinajstić information content (AvgIpc) is 2.89. The Kier molecular flexibility index (Phi) is 3.57. The van der Waals surface area contributed by atoms with E-state index in [1.54, 1.807) is 0 Å². The van der Waals surface area contributed by atoms with E-state index in [4.69, 9.17) is 4.74 Å². The van der Waals surface area contributed by atoms with Crippen LogP contribution in [0, 0.1) is 17.8 Å². The molecule has 0 spiro atoms. The lowest BCUT2D eigenvalue weighted by molar-refractivity contribution is -0.137. The molecule has 0 aromatic rings. The van der Waals surface area contributed by atoms with Gasteiger partial charge in [0, 0.05) is 31.7 Å². The highest BCUT2D eigenvalue weighted by Crippen LogP contribution is 2.32. The quantitative estimate of drug-likeness (QED) is 0.807. The van der Waals surface area contributed by atoms with Crippen LogP contribution < -0.4 is 5.32 Å². The minimum atomic E-state index is 0.202. The summed E-state index contributed by atoms with van der Waals surface area (Å²) in [6, 6.07) is 0.533. The van der Waals surface area contributed by atoms with Crippen LogP contribution in [0.1, 0.15) is 26.2 Å². The number of amides is 1. The Morgan fingerprint density at radius 2 is 2.17 bits per heavy atom. The molecule has 1 saturated carbocycles. The summed E-state index contributed by atoms with van der Waals surface area (Å²) in [4.78, 5) is 14.8. The fraction of sp³-hybridized carbons (Fsp3) is 0.929. The Bertz CT molecular complexity index is 311. The summed E-state index contributed by atoms with van der Waals surface area (Å²) in [5.74, 6) is 1.65. The third kappa shape index (κ3) is 2.54. The monoisotopic (exact) mass is 252 g/mol. The fourth-order valence-electron chi connectivity index (χ4n) is 3.16. The van der Waals surface area contributed by atoms with Gasteiger partial charge in [0.25, 0.3) is 0 Å². The minimum Gasteiger partial charge on any atom is -0.381 e. The van der Waals surface area contributed by atoms with Crippen LogP contribution in [0.4, 0.5) is 0 Å². The molecule has 0 aromatic carbocycles. The molecule has 102 valence electrons. The highest BCUT2D eigenvalue weighted by Gasteiger charge is 2.40. The first-order valence-corrected chi connectivity index (χ1v) is 7.34. The Labute approximate surface area is 109 Å². The Balaban J connectivity index is 1.63. The van der Waals surface area contributed by atoms with Crippen LogP contribution in [0.15, 0.2) is 0 Å². The zero-order chi connectivity index (χ0) is 12.5. The van der Waals surface area contributed by atoms with Crippen LogP contribution in [-0.4, -0.2) is 49.7 Å². The second-order valence-corrected chi connectivity index (χ2v) is 6.19.